The van der Waals surface area contributed by atoms with Crippen LogP contribution in [-0.2, 0) is 18.4 Å². The summed E-state index contributed by atoms with van der Waals surface area (Å²) in [7, 11) is 1.62. The first-order valence-electron chi connectivity index (χ1n) is 24.1. The molecule has 0 aromatic rings. The van der Waals surface area contributed by atoms with Crippen LogP contribution in [0.15, 0.2) is 12.2 Å². The maximum atomic E-state index is 12.9. The lowest BCUT2D eigenvalue weighted by Crippen LogP contribution is -2.46. The van der Waals surface area contributed by atoms with E-state index in [1.54, 1.807) is 0 Å². The van der Waals surface area contributed by atoms with E-state index in [9.17, 15) is 19.4 Å². The van der Waals surface area contributed by atoms with Gasteiger partial charge in [0.25, 0.3) is 0 Å². The van der Waals surface area contributed by atoms with E-state index in [0.717, 1.165) is 44.9 Å². The van der Waals surface area contributed by atoms with Crippen LogP contribution in [0.3, 0.4) is 0 Å². The van der Waals surface area contributed by atoms with Gasteiger partial charge in [-0.15, -0.1) is 0 Å². The minimum atomic E-state index is -4.31. The molecule has 0 fully saturated rings. The number of rotatable bonds is 44. The number of amides is 1. The van der Waals surface area contributed by atoms with Gasteiger partial charge in [-0.1, -0.05) is 199 Å². The molecule has 0 saturated heterocycles. The largest absolute Gasteiger partial charge is 0.472 e. The van der Waals surface area contributed by atoms with Crippen molar-refractivity contribution >= 4 is 13.7 Å². The second kappa shape index (κ2) is 39.7. The zero-order chi connectivity index (χ0) is 41.4. The standard InChI is InChI=1S/C47H95N2O6P/c1-6-8-10-12-14-16-18-20-22-24-25-27-29-31-33-35-37-39-41-47(51)48-45(44-55-56(52,53)54-43-42-49(3,4)5)46(50)40-38-36-34-32-30-28-26-23-21-19-17-15-13-11-9-7-2/h25,27,45-46,50H,6-24,26,28-44H2,1-5H3,(H-,48,51,52,53)/p+1/b27-25-. The van der Waals surface area contributed by atoms with Crippen molar-refractivity contribution in [1.29, 1.82) is 0 Å². The van der Waals surface area contributed by atoms with Crippen LogP contribution >= 0.6 is 7.82 Å². The summed E-state index contributed by atoms with van der Waals surface area (Å²) >= 11 is 0. The maximum absolute atomic E-state index is 12.9. The molecule has 3 N–H and O–H groups in total. The lowest BCUT2D eigenvalue weighted by atomic mass is 10.0. The second-order valence-corrected chi connectivity index (χ2v) is 19.3. The number of nitrogens with one attached hydrogen (secondary N) is 1. The van der Waals surface area contributed by atoms with Crippen molar-refractivity contribution in [2.45, 2.75) is 244 Å². The van der Waals surface area contributed by atoms with Crippen molar-refractivity contribution in [2.24, 2.45) is 0 Å². The van der Waals surface area contributed by atoms with Crippen LogP contribution in [-0.4, -0.2) is 73.4 Å². The molecule has 8 nitrogen and oxygen atoms in total. The van der Waals surface area contributed by atoms with Gasteiger partial charge in [0.15, 0.2) is 0 Å². The first kappa shape index (κ1) is 55.2. The Bertz CT molecular complexity index is 927. The van der Waals surface area contributed by atoms with Gasteiger partial charge in [-0.05, 0) is 38.5 Å². The molecule has 0 spiro atoms. The van der Waals surface area contributed by atoms with E-state index in [1.165, 1.54) is 161 Å². The number of aliphatic hydroxyl groups is 1. The van der Waals surface area contributed by atoms with Gasteiger partial charge in [-0.3, -0.25) is 13.8 Å². The maximum Gasteiger partial charge on any atom is 0.472 e. The van der Waals surface area contributed by atoms with Crippen molar-refractivity contribution in [3.8, 4) is 0 Å². The highest BCUT2D eigenvalue weighted by molar-refractivity contribution is 7.47. The van der Waals surface area contributed by atoms with E-state index in [4.69, 9.17) is 9.05 Å². The number of phosphoric acid groups is 1. The molecule has 0 saturated carbocycles. The van der Waals surface area contributed by atoms with Crippen LogP contribution in [0.5, 0.6) is 0 Å². The Hall–Kier alpha value is -0.760. The fourth-order valence-corrected chi connectivity index (χ4v) is 7.89. The van der Waals surface area contributed by atoms with Gasteiger partial charge in [-0.25, -0.2) is 4.57 Å². The SMILES string of the molecule is CCCCCCCCCCC/C=C\CCCCCCCC(=O)NC(COP(=O)(O)OCC[N+](C)(C)C)C(O)CCCCCCCCCCCCCCCCCC. The molecule has 3 atom stereocenters. The first-order valence-corrected chi connectivity index (χ1v) is 25.5. The van der Waals surface area contributed by atoms with Gasteiger partial charge < -0.3 is 19.8 Å². The smallest absolute Gasteiger partial charge is 0.391 e. The minimum Gasteiger partial charge on any atom is -0.391 e. The zero-order valence-electron chi connectivity index (χ0n) is 37.9. The molecular weight excluding hydrogens is 719 g/mol. The first-order chi connectivity index (χ1) is 27.0. The molecule has 0 bridgehead atoms. The van der Waals surface area contributed by atoms with E-state index in [0.29, 0.717) is 23.9 Å². The van der Waals surface area contributed by atoms with E-state index in [-0.39, 0.29) is 19.1 Å². The molecule has 0 aromatic carbocycles. The van der Waals surface area contributed by atoms with Gasteiger partial charge in [0.05, 0.1) is 39.9 Å². The summed E-state index contributed by atoms with van der Waals surface area (Å²) in [6.45, 7) is 4.90. The highest BCUT2D eigenvalue weighted by atomic mass is 31.2. The third-order valence-electron chi connectivity index (χ3n) is 11.0. The molecule has 3 unspecified atom stereocenters. The molecule has 334 valence electrons. The van der Waals surface area contributed by atoms with Crippen molar-refractivity contribution < 1.29 is 32.9 Å². The van der Waals surface area contributed by atoms with Crippen LogP contribution in [0.1, 0.15) is 232 Å². The number of quaternary nitrogens is 1. The predicted molar refractivity (Wildman–Crippen MR) is 240 cm³/mol. The summed E-state index contributed by atoms with van der Waals surface area (Å²) < 4.78 is 23.7. The van der Waals surface area contributed by atoms with Crippen molar-refractivity contribution in [3.63, 3.8) is 0 Å². The van der Waals surface area contributed by atoms with Crippen LogP contribution < -0.4 is 5.32 Å². The highest BCUT2D eigenvalue weighted by Gasteiger charge is 2.28. The molecule has 9 heteroatoms. The van der Waals surface area contributed by atoms with Crippen molar-refractivity contribution in [1.82, 2.24) is 5.32 Å². The number of carbonyl (C=O) groups excluding carboxylic acids is 1. The predicted octanol–water partition coefficient (Wildman–Crippen LogP) is 13.5. The van der Waals surface area contributed by atoms with E-state index >= 15 is 0 Å². The fourth-order valence-electron chi connectivity index (χ4n) is 7.16. The average molecular weight is 816 g/mol. The molecule has 0 heterocycles. The number of phosphoric ester groups is 1. The molecule has 56 heavy (non-hydrogen) atoms. The molecule has 0 aliphatic rings. The van der Waals surface area contributed by atoms with Gasteiger partial charge in [0.1, 0.15) is 13.2 Å². The van der Waals surface area contributed by atoms with E-state index in [1.807, 2.05) is 21.1 Å². The average Bonchev–Trinajstić information content (AvgIpc) is 3.15. The number of aliphatic hydroxyl groups excluding tert-OH is 1. The molecule has 0 rings (SSSR count). The molecule has 0 aromatic heterocycles. The van der Waals surface area contributed by atoms with Gasteiger partial charge in [0, 0.05) is 6.42 Å². The lowest BCUT2D eigenvalue weighted by molar-refractivity contribution is -0.870. The number of hydrogen-bond acceptors (Lipinski definition) is 5. The summed E-state index contributed by atoms with van der Waals surface area (Å²) in [4.78, 5) is 23.2. The summed E-state index contributed by atoms with van der Waals surface area (Å²) in [5, 5.41) is 14.0. The van der Waals surface area contributed by atoms with Gasteiger partial charge >= 0.3 is 7.82 Å². The van der Waals surface area contributed by atoms with Gasteiger partial charge in [0.2, 0.25) is 5.91 Å². The summed E-state index contributed by atoms with van der Waals surface area (Å²) in [6, 6.07) is -0.761. The van der Waals surface area contributed by atoms with Crippen LogP contribution in [0.25, 0.3) is 0 Å². The quantitative estimate of drug-likeness (QED) is 0.0245. The number of carbonyl (C=O) groups is 1. The summed E-state index contributed by atoms with van der Waals surface area (Å²) in [5.41, 5.74) is 0. The zero-order valence-corrected chi connectivity index (χ0v) is 38.8. The van der Waals surface area contributed by atoms with Crippen LogP contribution in [0.4, 0.5) is 0 Å². The molecule has 0 aliphatic heterocycles. The Kier molecular flexibility index (Phi) is 39.1. The third-order valence-corrected chi connectivity index (χ3v) is 12.0. The molecule has 0 aliphatic carbocycles. The Morgan fingerprint density at radius 3 is 1.38 bits per heavy atom. The topological polar surface area (TPSA) is 105 Å². The summed E-state index contributed by atoms with van der Waals surface area (Å²) in [5.74, 6) is -0.150. The van der Waals surface area contributed by atoms with Crippen molar-refractivity contribution in [3.05, 3.63) is 12.2 Å². The van der Waals surface area contributed by atoms with E-state index in [2.05, 4.69) is 31.3 Å². The number of allylic oxidation sites excluding steroid dienone is 2. The Balaban J connectivity index is 4.31. The number of nitrogens with zero attached hydrogens (tertiary/aromatic N) is 1. The molecule has 1 amide bonds. The van der Waals surface area contributed by atoms with Gasteiger partial charge in [-0.2, -0.15) is 0 Å². The lowest BCUT2D eigenvalue weighted by Gasteiger charge is -2.26. The highest BCUT2D eigenvalue weighted by Crippen LogP contribution is 2.43. The minimum absolute atomic E-state index is 0.0751. The second-order valence-electron chi connectivity index (χ2n) is 17.8. The Morgan fingerprint density at radius 2 is 0.964 bits per heavy atom. The van der Waals surface area contributed by atoms with Crippen LogP contribution in [0, 0.1) is 0 Å². The van der Waals surface area contributed by atoms with Crippen molar-refractivity contribution in [2.75, 3.05) is 40.9 Å². The Labute approximate surface area is 348 Å². The molecule has 0 radical (unpaired) electrons. The number of likely N-dealkylation sites (N-methyl/N-ethyl adjacent to an activating group) is 1. The number of hydrogen-bond donors (Lipinski definition) is 3. The monoisotopic (exact) mass is 816 g/mol. The van der Waals surface area contributed by atoms with Crippen LogP contribution in [0.2, 0.25) is 0 Å². The normalized spacial score (nSPS) is 14.3. The van der Waals surface area contributed by atoms with E-state index < -0.39 is 20.0 Å². The fraction of sp³-hybridized carbons (Fsp3) is 0.936. The Morgan fingerprint density at radius 1 is 0.589 bits per heavy atom. The molecular formula is C47H96N2O6P+. The third kappa shape index (κ3) is 41.4. The summed E-state index contributed by atoms with van der Waals surface area (Å²) in [6.07, 6.45) is 45.2. The number of unbranched alkanes of at least 4 members (excludes halogenated alkanes) is 29.